The number of nitrogens with zero attached hydrogens (tertiary/aromatic N) is 1. The molecule has 0 bridgehead atoms. The maximum atomic E-state index is 11.5. The van der Waals surface area contributed by atoms with Gasteiger partial charge in [-0.3, -0.25) is 0 Å². The third kappa shape index (κ3) is 5.64. The van der Waals surface area contributed by atoms with E-state index in [1.165, 1.54) is 7.11 Å². The van der Waals surface area contributed by atoms with Crippen molar-refractivity contribution < 1.29 is 19.1 Å². The highest BCUT2D eigenvalue weighted by molar-refractivity contribution is 6.00. The monoisotopic (exact) mass is 292 g/mol. The van der Waals surface area contributed by atoms with Gasteiger partial charge in [-0.2, -0.15) is 5.10 Å². The molecule has 0 radical (unpaired) electrons. The highest BCUT2D eigenvalue weighted by Gasteiger charge is 2.15. The zero-order valence-corrected chi connectivity index (χ0v) is 12.9. The Bertz CT molecular complexity index is 542. The Balaban J connectivity index is 2.70. The molecule has 21 heavy (non-hydrogen) atoms. The van der Waals surface area contributed by atoms with Crippen LogP contribution in [0.15, 0.2) is 29.4 Å². The van der Waals surface area contributed by atoms with Crippen LogP contribution in [0, 0.1) is 0 Å². The smallest absolute Gasteiger partial charge is 0.428 e. The van der Waals surface area contributed by atoms with E-state index in [9.17, 15) is 9.59 Å². The summed E-state index contributed by atoms with van der Waals surface area (Å²) in [5.41, 5.74) is 3.57. The molecule has 0 saturated carbocycles. The van der Waals surface area contributed by atoms with E-state index in [4.69, 9.17) is 4.74 Å². The van der Waals surface area contributed by atoms with Crippen LogP contribution in [0.3, 0.4) is 0 Å². The van der Waals surface area contributed by atoms with Gasteiger partial charge in [0.2, 0.25) is 0 Å². The summed E-state index contributed by atoms with van der Waals surface area (Å²) >= 11 is 0. The summed E-state index contributed by atoms with van der Waals surface area (Å²) in [6.45, 7) is 7.06. The van der Waals surface area contributed by atoms with Crippen LogP contribution in [0.4, 0.5) is 4.79 Å². The lowest BCUT2D eigenvalue weighted by Crippen LogP contribution is -2.30. The van der Waals surface area contributed by atoms with Crippen LogP contribution in [-0.4, -0.2) is 30.5 Å². The fourth-order valence-corrected chi connectivity index (χ4v) is 1.46. The number of ether oxygens (including phenoxy) is 2. The molecule has 1 rings (SSSR count). The molecule has 1 aromatic carbocycles. The van der Waals surface area contributed by atoms with Crippen molar-refractivity contribution >= 4 is 17.8 Å². The summed E-state index contributed by atoms with van der Waals surface area (Å²) in [5, 5.41) is 3.95. The lowest BCUT2D eigenvalue weighted by molar-refractivity contribution is 0.0528. The second kappa shape index (κ2) is 6.88. The summed E-state index contributed by atoms with van der Waals surface area (Å²) < 4.78 is 9.69. The molecule has 0 spiro atoms. The first-order valence-corrected chi connectivity index (χ1v) is 6.45. The Morgan fingerprint density at radius 2 is 1.62 bits per heavy atom. The van der Waals surface area contributed by atoms with E-state index >= 15 is 0 Å². The largest absolute Gasteiger partial charge is 0.465 e. The lowest BCUT2D eigenvalue weighted by atomic mass is 10.1. The molecule has 0 unspecified atom stereocenters. The number of benzene rings is 1. The van der Waals surface area contributed by atoms with Crippen molar-refractivity contribution in [3.63, 3.8) is 0 Å². The summed E-state index contributed by atoms with van der Waals surface area (Å²) in [7, 11) is 1.33. The van der Waals surface area contributed by atoms with Crippen LogP contribution in [0.25, 0.3) is 0 Å². The van der Waals surface area contributed by atoms with Gasteiger partial charge < -0.3 is 9.47 Å². The Morgan fingerprint density at radius 1 is 1.10 bits per heavy atom. The predicted molar refractivity (Wildman–Crippen MR) is 79.4 cm³/mol. The third-order valence-corrected chi connectivity index (χ3v) is 2.44. The minimum absolute atomic E-state index is 0.400. The number of carbonyl (C=O) groups is 2. The molecular formula is C15H20N2O4. The Labute approximate surface area is 124 Å². The predicted octanol–water partition coefficient (Wildman–Crippen LogP) is 2.72. The highest BCUT2D eigenvalue weighted by atomic mass is 16.6. The normalized spacial score (nSPS) is 11.8. The summed E-state index contributed by atoms with van der Waals surface area (Å²) in [6.07, 6.45) is -0.618. The molecule has 0 aliphatic rings. The molecule has 6 heteroatoms. The van der Waals surface area contributed by atoms with E-state index in [1.54, 1.807) is 52.0 Å². The number of nitrogens with one attached hydrogen (secondary N) is 1. The average Bonchev–Trinajstić information content (AvgIpc) is 2.42. The van der Waals surface area contributed by atoms with E-state index in [1.807, 2.05) is 0 Å². The number of hydrogen-bond acceptors (Lipinski definition) is 5. The first-order valence-electron chi connectivity index (χ1n) is 6.45. The average molecular weight is 292 g/mol. The Morgan fingerprint density at radius 3 is 2.10 bits per heavy atom. The van der Waals surface area contributed by atoms with Gasteiger partial charge in [0.05, 0.1) is 18.4 Å². The third-order valence-electron chi connectivity index (χ3n) is 2.44. The first kappa shape index (κ1) is 16.7. The molecule has 0 saturated heterocycles. The number of rotatable bonds is 3. The highest BCUT2D eigenvalue weighted by Crippen LogP contribution is 2.08. The first-order chi connectivity index (χ1) is 9.73. The number of amides is 1. The van der Waals surface area contributed by atoms with Crippen LogP contribution >= 0.6 is 0 Å². The molecule has 0 aliphatic heterocycles. The molecule has 0 heterocycles. The molecule has 0 aromatic heterocycles. The van der Waals surface area contributed by atoms with E-state index in [2.05, 4.69) is 15.3 Å². The maximum Gasteiger partial charge on any atom is 0.428 e. The van der Waals surface area contributed by atoms with E-state index in [-0.39, 0.29) is 0 Å². The van der Waals surface area contributed by atoms with E-state index in [0.717, 1.165) is 5.56 Å². The zero-order valence-electron chi connectivity index (χ0n) is 12.9. The minimum atomic E-state index is -0.618. The minimum Gasteiger partial charge on any atom is -0.465 e. The van der Waals surface area contributed by atoms with Gasteiger partial charge in [0.1, 0.15) is 5.60 Å². The maximum absolute atomic E-state index is 11.5. The summed E-state index contributed by atoms with van der Waals surface area (Å²) in [5.74, 6) is -0.400. The summed E-state index contributed by atoms with van der Waals surface area (Å²) in [6, 6.07) is 6.71. The number of hydrazone groups is 1. The van der Waals surface area contributed by atoms with Crippen molar-refractivity contribution in [3.8, 4) is 0 Å². The second-order valence-electron chi connectivity index (χ2n) is 5.38. The van der Waals surface area contributed by atoms with Gasteiger partial charge >= 0.3 is 12.1 Å². The fourth-order valence-electron chi connectivity index (χ4n) is 1.46. The standard InChI is InChI=1S/C15H20N2O4/c1-10(16-17-14(19)21-15(2,3)4)11-6-8-12(9-7-11)13(18)20-5/h6-9H,1-5H3,(H,17,19)/b16-10+. The van der Waals surface area contributed by atoms with Crippen LogP contribution < -0.4 is 5.43 Å². The fraction of sp³-hybridized carbons (Fsp3) is 0.400. The SMILES string of the molecule is COC(=O)c1ccc(/C(C)=N/NC(=O)OC(C)(C)C)cc1. The van der Waals surface area contributed by atoms with Gasteiger partial charge in [0.25, 0.3) is 0 Å². The Hall–Kier alpha value is -2.37. The molecule has 0 aliphatic carbocycles. The molecule has 114 valence electrons. The number of methoxy groups -OCH3 is 1. The molecule has 0 atom stereocenters. The van der Waals surface area contributed by atoms with Crippen LogP contribution in [-0.2, 0) is 9.47 Å². The molecule has 6 nitrogen and oxygen atoms in total. The van der Waals surface area contributed by atoms with Gasteiger partial charge in [-0.15, -0.1) is 0 Å². The van der Waals surface area contributed by atoms with E-state index in [0.29, 0.717) is 11.3 Å². The van der Waals surface area contributed by atoms with Gasteiger partial charge in [-0.1, -0.05) is 12.1 Å². The van der Waals surface area contributed by atoms with Crippen molar-refractivity contribution in [1.29, 1.82) is 0 Å². The van der Waals surface area contributed by atoms with Crippen molar-refractivity contribution in [2.45, 2.75) is 33.3 Å². The van der Waals surface area contributed by atoms with Crippen molar-refractivity contribution in [2.75, 3.05) is 7.11 Å². The van der Waals surface area contributed by atoms with Gasteiger partial charge in [-0.25, -0.2) is 15.0 Å². The Kier molecular flexibility index (Phi) is 5.46. The van der Waals surface area contributed by atoms with Gasteiger partial charge in [0, 0.05) is 0 Å². The zero-order chi connectivity index (χ0) is 16.0. The summed E-state index contributed by atoms with van der Waals surface area (Å²) in [4.78, 5) is 22.8. The number of hydrogen-bond donors (Lipinski definition) is 1. The van der Waals surface area contributed by atoms with Gasteiger partial charge in [0.15, 0.2) is 0 Å². The lowest BCUT2D eigenvalue weighted by Gasteiger charge is -2.18. The van der Waals surface area contributed by atoms with Crippen molar-refractivity contribution in [3.05, 3.63) is 35.4 Å². The topological polar surface area (TPSA) is 77.0 Å². The second-order valence-corrected chi connectivity index (χ2v) is 5.38. The molecule has 1 aromatic rings. The molecule has 1 N–H and O–H groups in total. The van der Waals surface area contributed by atoms with Crippen molar-refractivity contribution in [1.82, 2.24) is 5.43 Å². The van der Waals surface area contributed by atoms with Gasteiger partial charge in [-0.05, 0) is 45.4 Å². The number of carbonyl (C=O) groups excluding carboxylic acids is 2. The van der Waals surface area contributed by atoms with Crippen LogP contribution in [0.5, 0.6) is 0 Å². The van der Waals surface area contributed by atoms with Crippen LogP contribution in [0.2, 0.25) is 0 Å². The van der Waals surface area contributed by atoms with Crippen LogP contribution in [0.1, 0.15) is 43.6 Å². The molecule has 1 amide bonds. The molecule has 0 fully saturated rings. The quantitative estimate of drug-likeness (QED) is 0.528. The number of esters is 1. The van der Waals surface area contributed by atoms with E-state index < -0.39 is 17.7 Å². The van der Waals surface area contributed by atoms with Crippen molar-refractivity contribution in [2.24, 2.45) is 5.10 Å². The molecular weight excluding hydrogens is 272 g/mol.